The number of hydrogen-bond donors (Lipinski definition) is 0. The molecule has 0 heterocycles. The molecular formula is C29H44F8O. The zero-order chi connectivity index (χ0) is 27.6. The molecule has 4 rings (SSSR count). The van der Waals surface area contributed by atoms with E-state index in [-0.39, 0.29) is 5.92 Å². The van der Waals surface area contributed by atoms with Crippen molar-refractivity contribution in [2.75, 3.05) is 0 Å². The number of alkyl halides is 8. The Morgan fingerprint density at radius 3 is 1.74 bits per heavy atom. The van der Waals surface area contributed by atoms with E-state index in [0.717, 1.165) is 25.2 Å². The summed E-state index contributed by atoms with van der Waals surface area (Å²) >= 11 is 0. The van der Waals surface area contributed by atoms with Crippen molar-refractivity contribution in [3.05, 3.63) is 0 Å². The summed E-state index contributed by atoms with van der Waals surface area (Å²) in [6.45, 7) is 2.19. The fraction of sp³-hybridized carbons (Fsp3) is 1.00. The molecule has 4 saturated carbocycles. The maximum atomic E-state index is 15.4. The Labute approximate surface area is 221 Å². The van der Waals surface area contributed by atoms with Crippen LogP contribution in [0.3, 0.4) is 0 Å². The Hall–Kier alpha value is -0.600. The highest BCUT2D eigenvalue weighted by Crippen LogP contribution is 2.51. The molecule has 222 valence electrons. The molecule has 0 aromatic carbocycles. The zero-order valence-corrected chi connectivity index (χ0v) is 22.3. The van der Waals surface area contributed by atoms with Crippen LogP contribution in [0.25, 0.3) is 0 Å². The van der Waals surface area contributed by atoms with Crippen LogP contribution >= 0.6 is 0 Å². The van der Waals surface area contributed by atoms with Crippen LogP contribution in [-0.4, -0.2) is 49.2 Å². The van der Waals surface area contributed by atoms with Gasteiger partial charge in [-0.1, -0.05) is 39.0 Å². The smallest absolute Gasteiger partial charge is 0.317 e. The second-order valence-corrected chi connectivity index (χ2v) is 12.7. The Morgan fingerprint density at radius 1 is 0.632 bits per heavy atom. The predicted molar refractivity (Wildman–Crippen MR) is 130 cm³/mol. The van der Waals surface area contributed by atoms with Crippen molar-refractivity contribution in [3.8, 4) is 0 Å². The van der Waals surface area contributed by atoms with Crippen molar-refractivity contribution < 1.29 is 39.9 Å². The molecule has 9 heteroatoms. The van der Waals surface area contributed by atoms with Crippen molar-refractivity contribution in [1.82, 2.24) is 0 Å². The maximum absolute atomic E-state index is 15.4. The quantitative estimate of drug-likeness (QED) is 0.269. The number of hydrogen-bond acceptors (Lipinski definition) is 1. The van der Waals surface area contributed by atoms with Crippen molar-refractivity contribution in [3.63, 3.8) is 0 Å². The monoisotopic (exact) mass is 560 g/mol. The van der Waals surface area contributed by atoms with Gasteiger partial charge in [0.15, 0.2) is 6.17 Å². The van der Waals surface area contributed by atoms with Crippen LogP contribution in [0.15, 0.2) is 0 Å². The minimum atomic E-state index is -4.31. The highest BCUT2D eigenvalue weighted by molar-refractivity contribution is 4.97. The van der Waals surface area contributed by atoms with Crippen LogP contribution in [0, 0.1) is 35.5 Å². The SMILES string of the molecule is CCCCC1CCC(C2CCC(C3CC(F)C(C(F)(F)OC4CC(F)C(F)C(F)C4)C(F)C3)C(F)C2)CC1. The third kappa shape index (κ3) is 6.99. The Kier molecular flexibility index (Phi) is 10.3. The van der Waals surface area contributed by atoms with Gasteiger partial charge in [-0.15, -0.1) is 0 Å². The molecule has 0 amide bonds. The fourth-order valence-electron chi connectivity index (χ4n) is 8.02. The first-order valence-electron chi connectivity index (χ1n) is 14.9. The topological polar surface area (TPSA) is 9.23 Å². The van der Waals surface area contributed by atoms with Crippen LogP contribution < -0.4 is 0 Å². The summed E-state index contributed by atoms with van der Waals surface area (Å²) in [6.07, 6.45) is -11.2. The summed E-state index contributed by atoms with van der Waals surface area (Å²) in [5, 5.41) is 0. The van der Waals surface area contributed by atoms with Gasteiger partial charge in [0, 0.05) is 12.8 Å². The molecule has 0 aliphatic heterocycles. The Bertz CT molecular complexity index is 707. The van der Waals surface area contributed by atoms with Gasteiger partial charge in [0.1, 0.15) is 36.8 Å². The fourth-order valence-corrected chi connectivity index (χ4v) is 8.02. The summed E-state index contributed by atoms with van der Waals surface area (Å²) in [5.41, 5.74) is 0. The molecule has 4 aliphatic rings. The molecule has 7 unspecified atom stereocenters. The molecule has 0 spiro atoms. The molecule has 0 N–H and O–H groups in total. The van der Waals surface area contributed by atoms with Gasteiger partial charge >= 0.3 is 6.11 Å². The average molecular weight is 561 g/mol. The lowest BCUT2D eigenvalue weighted by molar-refractivity contribution is -0.323. The lowest BCUT2D eigenvalue weighted by Crippen LogP contribution is -2.52. The molecule has 0 aromatic heterocycles. The number of rotatable bonds is 8. The largest absolute Gasteiger partial charge is 0.364 e. The zero-order valence-electron chi connectivity index (χ0n) is 22.3. The van der Waals surface area contributed by atoms with Gasteiger partial charge < -0.3 is 4.74 Å². The minimum Gasteiger partial charge on any atom is -0.317 e. The maximum Gasteiger partial charge on any atom is 0.364 e. The van der Waals surface area contributed by atoms with Gasteiger partial charge in [0.05, 0.1) is 6.10 Å². The van der Waals surface area contributed by atoms with E-state index in [1.165, 1.54) is 32.1 Å². The second-order valence-electron chi connectivity index (χ2n) is 12.7. The molecule has 7 atom stereocenters. The van der Waals surface area contributed by atoms with Crippen molar-refractivity contribution in [2.24, 2.45) is 35.5 Å². The highest BCUT2D eigenvalue weighted by atomic mass is 19.3. The van der Waals surface area contributed by atoms with E-state index in [0.29, 0.717) is 18.8 Å². The van der Waals surface area contributed by atoms with Gasteiger partial charge in [-0.3, -0.25) is 0 Å². The molecule has 0 radical (unpaired) electrons. The third-order valence-corrected chi connectivity index (χ3v) is 10.2. The van der Waals surface area contributed by atoms with E-state index in [4.69, 9.17) is 0 Å². The summed E-state index contributed by atoms with van der Waals surface area (Å²) in [6, 6.07) is 0. The number of ether oxygens (including phenoxy) is 1. The summed E-state index contributed by atoms with van der Waals surface area (Å²) in [7, 11) is 0. The van der Waals surface area contributed by atoms with Crippen molar-refractivity contribution in [2.45, 2.75) is 146 Å². The van der Waals surface area contributed by atoms with E-state index >= 15 is 13.2 Å². The molecular weight excluding hydrogens is 516 g/mol. The molecule has 0 bridgehead atoms. The minimum absolute atomic E-state index is 0.267. The number of unbranched alkanes of at least 4 members (excludes halogenated alkanes) is 1. The van der Waals surface area contributed by atoms with Gasteiger partial charge in [-0.05, 0) is 74.5 Å². The second kappa shape index (κ2) is 12.9. The lowest BCUT2D eigenvalue weighted by Gasteiger charge is -2.45. The van der Waals surface area contributed by atoms with Crippen molar-refractivity contribution in [1.29, 1.82) is 0 Å². The average Bonchev–Trinajstić information content (AvgIpc) is 2.85. The molecule has 0 aromatic rings. The highest BCUT2D eigenvalue weighted by Gasteiger charge is 2.57. The normalized spacial score (nSPS) is 47.1. The standard InChI is InChI=1S/C29H44F8O/c1-2-3-4-16-5-7-17(8-6-16)18-9-10-21(22(30)11-18)19-12-23(31)27(24(32)13-19)29(36,37)38-20-14-25(33)28(35)26(34)15-20/h16-28H,2-15H2,1H3. The molecule has 1 nitrogen and oxygen atoms in total. The molecule has 0 saturated heterocycles. The molecule has 4 fully saturated rings. The summed E-state index contributed by atoms with van der Waals surface area (Å²) in [5.74, 6) is -2.15. The Morgan fingerprint density at radius 2 is 1.18 bits per heavy atom. The Balaban J connectivity index is 1.28. The van der Waals surface area contributed by atoms with Gasteiger partial charge in [-0.2, -0.15) is 8.78 Å². The first-order valence-corrected chi connectivity index (χ1v) is 14.9. The lowest BCUT2D eigenvalue weighted by atomic mass is 9.63. The van der Waals surface area contributed by atoms with Gasteiger partial charge in [0.2, 0.25) is 0 Å². The predicted octanol–water partition coefficient (Wildman–Crippen LogP) is 9.23. The number of halogens is 8. The van der Waals surface area contributed by atoms with Crippen LogP contribution in [-0.2, 0) is 4.74 Å². The molecule has 4 aliphatic carbocycles. The third-order valence-electron chi connectivity index (χ3n) is 10.2. The molecule has 38 heavy (non-hydrogen) atoms. The van der Waals surface area contributed by atoms with Crippen LogP contribution in [0.2, 0.25) is 0 Å². The first kappa shape index (κ1) is 30.4. The van der Waals surface area contributed by atoms with Crippen molar-refractivity contribution >= 4 is 0 Å². The van der Waals surface area contributed by atoms with E-state index < -0.39 is 92.7 Å². The van der Waals surface area contributed by atoms with Gasteiger partial charge in [0.25, 0.3) is 0 Å². The van der Waals surface area contributed by atoms with Crippen LogP contribution in [0.4, 0.5) is 35.1 Å². The van der Waals surface area contributed by atoms with Gasteiger partial charge in [-0.25, -0.2) is 26.3 Å². The van der Waals surface area contributed by atoms with Crippen LogP contribution in [0.1, 0.15) is 96.8 Å². The first-order chi connectivity index (χ1) is 18.0. The van der Waals surface area contributed by atoms with E-state index in [2.05, 4.69) is 11.7 Å². The van der Waals surface area contributed by atoms with E-state index in [1.54, 1.807) is 0 Å². The summed E-state index contributed by atoms with van der Waals surface area (Å²) < 4.78 is 120. The summed E-state index contributed by atoms with van der Waals surface area (Å²) in [4.78, 5) is 0. The van der Waals surface area contributed by atoms with E-state index in [1.807, 2.05) is 0 Å². The van der Waals surface area contributed by atoms with E-state index in [9.17, 15) is 22.0 Å². The van der Waals surface area contributed by atoms with Crippen LogP contribution in [0.5, 0.6) is 0 Å².